The van der Waals surface area contributed by atoms with Crippen molar-refractivity contribution < 1.29 is 5.11 Å². The van der Waals surface area contributed by atoms with E-state index in [0.717, 1.165) is 26.2 Å². The average molecular weight is 212 g/mol. The van der Waals surface area contributed by atoms with Gasteiger partial charge in [0.1, 0.15) is 0 Å². The van der Waals surface area contributed by atoms with Crippen molar-refractivity contribution in [3.8, 4) is 0 Å². The van der Waals surface area contributed by atoms with Crippen molar-refractivity contribution >= 4 is 0 Å². The molecule has 0 aromatic rings. The molecule has 0 heterocycles. The standard InChI is InChI=1S/C12H24N2O/c1-2-7-14(8-9-15)11-12(10-13)5-3-4-6-12/h2,15H,1,3-11,13H2. The molecule has 0 spiro atoms. The molecule has 0 atom stereocenters. The highest BCUT2D eigenvalue weighted by Crippen LogP contribution is 2.37. The number of hydrogen-bond acceptors (Lipinski definition) is 3. The number of nitrogens with two attached hydrogens (primary N) is 1. The van der Waals surface area contributed by atoms with Crippen LogP contribution in [-0.4, -0.2) is 42.8 Å². The smallest absolute Gasteiger partial charge is 0.0558 e. The van der Waals surface area contributed by atoms with Crippen molar-refractivity contribution in [3.63, 3.8) is 0 Å². The van der Waals surface area contributed by atoms with Crippen LogP contribution < -0.4 is 5.73 Å². The lowest BCUT2D eigenvalue weighted by atomic mass is 9.85. The quantitative estimate of drug-likeness (QED) is 0.619. The summed E-state index contributed by atoms with van der Waals surface area (Å²) in [4.78, 5) is 2.26. The molecule has 0 aliphatic heterocycles. The Kier molecular flexibility index (Phi) is 5.29. The maximum absolute atomic E-state index is 8.99. The van der Waals surface area contributed by atoms with Gasteiger partial charge in [-0.15, -0.1) is 6.58 Å². The van der Waals surface area contributed by atoms with E-state index in [9.17, 15) is 0 Å². The Morgan fingerprint density at radius 2 is 2.07 bits per heavy atom. The molecule has 0 saturated heterocycles. The van der Waals surface area contributed by atoms with Gasteiger partial charge < -0.3 is 10.8 Å². The van der Waals surface area contributed by atoms with Gasteiger partial charge in [-0.2, -0.15) is 0 Å². The van der Waals surface area contributed by atoms with Crippen LogP contribution in [0.1, 0.15) is 25.7 Å². The van der Waals surface area contributed by atoms with Crippen molar-refractivity contribution in [3.05, 3.63) is 12.7 Å². The van der Waals surface area contributed by atoms with Gasteiger partial charge in [-0.25, -0.2) is 0 Å². The van der Waals surface area contributed by atoms with Gasteiger partial charge >= 0.3 is 0 Å². The van der Waals surface area contributed by atoms with Gasteiger partial charge in [0.2, 0.25) is 0 Å². The van der Waals surface area contributed by atoms with Crippen LogP contribution >= 0.6 is 0 Å². The summed E-state index contributed by atoms with van der Waals surface area (Å²) in [5.74, 6) is 0. The molecule has 0 aromatic carbocycles. The topological polar surface area (TPSA) is 49.5 Å². The molecule has 1 aliphatic carbocycles. The summed E-state index contributed by atoms with van der Waals surface area (Å²) in [7, 11) is 0. The Hall–Kier alpha value is -0.380. The lowest BCUT2D eigenvalue weighted by Gasteiger charge is -2.33. The molecule has 1 aliphatic rings. The van der Waals surface area contributed by atoms with Crippen LogP contribution in [0.5, 0.6) is 0 Å². The van der Waals surface area contributed by atoms with Crippen LogP contribution in [-0.2, 0) is 0 Å². The van der Waals surface area contributed by atoms with Gasteiger partial charge in [-0.1, -0.05) is 18.9 Å². The number of rotatable bonds is 7. The van der Waals surface area contributed by atoms with Gasteiger partial charge in [0.05, 0.1) is 6.61 Å². The van der Waals surface area contributed by atoms with Crippen LogP contribution in [0.2, 0.25) is 0 Å². The molecule has 0 unspecified atom stereocenters. The molecule has 1 rings (SSSR count). The Morgan fingerprint density at radius 1 is 1.40 bits per heavy atom. The maximum atomic E-state index is 8.99. The molecule has 15 heavy (non-hydrogen) atoms. The van der Waals surface area contributed by atoms with Crippen molar-refractivity contribution in [2.75, 3.05) is 32.8 Å². The minimum atomic E-state index is 0.217. The van der Waals surface area contributed by atoms with E-state index in [1.165, 1.54) is 25.7 Å². The van der Waals surface area contributed by atoms with E-state index in [1.807, 2.05) is 6.08 Å². The highest BCUT2D eigenvalue weighted by atomic mass is 16.3. The van der Waals surface area contributed by atoms with E-state index in [0.29, 0.717) is 5.41 Å². The number of hydrogen-bond donors (Lipinski definition) is 2. The third-order valence-electron chi connectivity index (χ3n) is 3.46. The van der Waals surface area contributed by atoms with E-state index >= 15 is 0 Å². The first-order chi connectivity index (χ1) is 7.26. The van der Waals surface area contributed by atoms with Gasteiger partial charge in [0, 0.05) is 19.6 Å². The first kappa shape index (κ1) is 12.7. The predicted molar refractivity (Wildman–Crippen MR) is 63.7 cm³/mol. The molecule has 3 nitrogen and oxygen atoms in total. The fourth-order valence-electron chi connectivity index (χ4n) is 2.59. The summed E-state index contributed by atoms with van der Waals surface area (Å²) in [6.45, 7) is 7.33. The Morgan fingerprint density at radius 3 is 2.53 bits per heavy atom. The molecule has 0 amide bonds. The minimum absolute atomic E-state index is 0.217. The monoisotopic (exact) mass is 212 g/mol. The van der Waals surface area contributed by atoms with Crippen LogP contribution in [0.3, 0.4) is 0 Å². The van der Waals surface area contributed by atoms with Gasteiger partial charge in [-0.05, 0) is 24.8 Å². The zero-order valence-electron chi connectivity index (χ0n) is 9.62. The van der Waals surface area contributed by atoms with Gasteiger partial charge in [0.25, 0.3) is 0 Å². The van der Waals surface area contributed by atoms with E-state index in [1.54, 1.807) is 0 Å². The third-order valence-corrected chi connectivity index (χ3v) is 3.46. The Balaban J connectivity index is 2.49. The maximum Gasteiger partial charge on any atom is 0.0558 e. The second-order valence-corrected chi connectivity index (χ2v) is 4.66. The highest BCUT2D eigenvalue weighted by Gasteiger charge is 2.33. The highest BCUT2D eigenvalue weighted by molar-refractivity contribution is 4.89. The van der Waals surface area contributed by atoms with E-state index < -0.39 is 0 Å². The van der Waals surface area contributed by atoms with Gasteiger partial charge in [0.15, 0.2) is 0 Å². The number of aliphatic hydroxyl groups excluding tert-OH is 1. The van der Waals surface area contributed by atoms with Crippen molar-refractivity contribution in [2.45, 2.75) is 25.7 Å². The number of aliphatic hydroxyl groups is 1. The predicted octanol–water partition coefficient (Wildman–Crippen LogP) is 0.986. The molecule has 3 N–H and O–H groups in total. The zero-order valence-corrected chi connectivity index (χ0v) is 9.62. The van der Waals surface area contributed by atoms with Crippen LogP contribution in [0.15, 0.2) is 12.7 Å². The molecule has 1 fully saturated rings. The Bertz CT molecular complexity index is 188. The molecular weight excluding hydrogens is 188 g/mol. The van der Waals surface area contributed by atoms with E-state index in [-0.39, 0.29) is 6.61 Å². The van der Waals surface area contributed by atoms with Crippen LogP contribution in [0, 0.1) is 5.41 Å². The summed E-state index contributed by atoms with van der Waals surface area (Å²) < 4.78 is 0. The zero-order chi connectivity index (χ0) is 11.1. The van der Waals surface area contributed by atoms with Crippen molar-refractivity contribution in [1.29, 1.82) is 0 Å². The van der Waals surface area contributed by atoms with E-state index in [4.69, 9.17) is 10.8 Å². The van der Waals surface area contributed by atoms with E-state index in [2.05, 4.69) is 11.5 Å². The van der Waals surface area contributed by atoms with Crippen LogP contribution in [0.4, 0.5) is 0 Å². The molecular formula is C12H24N2O. The third kappa shape index (κ3) is 3.59. The van der Waals surface area contributed by atoms with Gasteiger partial charge in [-0.3, -0.25) is 4.90 Å². The van der Waals surface area contributed by atoms with Crippen molar-refractivity contribution in [1.82, 2.24) is 4.90 Å². The second kappa shape index (κ2) is 6.26. The molecule has 1 saturated carbocycles. The number of nitrogens with zero attached hydrogens (tertiary/aromatic N) is 1. The SMILES string of the molecule is C=CCN(CCO)CC1(CN)CCCC1. The fourth-order valence-corrected chi connectivity index (χ4v) is 2.59. The normalized spacial score (nSPS) is 19.7. The first-order valence-corrected chi connectivity index (χ1v) is 5.90. The fraction of sp³-hybridized carbons (Fsp3) is 0.833. The first-order valence-electron chi connectivity index (χ1n) is 5.90. The summed E-state index contributed by atoms with van der Waals surface area (Å²) in [6.07, 6.45) is 6.98. The summed E-state index contributed by atoms with van der Waals surface area (Å²) in [5, 5.41) is 8.99. The largest absolute Gasteiger partial charge is 0.395 e. The second-order valence-electron chi connectivity index (χ2n) is 4.66. The van der Waals surface area contributed by atoms with Crippen LogP contribution in [0.25, 0.3) is 0 Å². The molecule has 0 aromatic heterocycles. The summed E-state index contributed by atoms with van der Waals surface area (Å²) in [6, 6.07) is 0. The van der Waals surface area contributed by atoms with Crippen molar-refractivity contribution in [2.24, 2.45) is 11.1 Å². The molecule has 0 bridgehead atoms. The summed E-state index contributed by atoms with van der Waals surface area (Å²) in [5.41, 5.74) is 6.20. The lowest BCUT2D eigenvalue weighted by molar-refractivity contribution is 0.141. The molecule has 88 valence electrons. The molecule has 0 radical (unpaired) electrons. The average Bonchev–Trinajstić information content (AvgIpc) is 2.68. The Labute approximate surface area is 93.0 Å². The lowest BCUT2D eigenvalue weighted by Crippen LogP contribution is -2.42. The molecule has 3 heteroatoms. The summed E-state index contributed by atoms with van der Waals surface area (Å²) >= 11 is 0. The minimum Gasteiger partial charge on any atom is -0.395 e.